The third kappa shape index (κ3) is 5.12. The van der Waals surface area contributed by atoms with Gasteiger partial charge in [-0.15, -0.1) is 0 Å². The van der Waals surface area contributed by atoms with E-state index in [1.54, 1.807) is 36.3 Å². The maximum atomic E-state index is 12.7. The Hall–Kier alpha value is -2.82. The molecule has 0 radical (unpaired) electrons. The zero-order valence-electron chi connectivity index (χ0n) is 13.8. The Balaban J connectivity index is 2.08. The molecule has 0 heterocycles. The van der Waals surface area contributed by atoms with Gasteiger partial charge in [-0.05, 0) is 36.2 Å². The Morgan fingerprint density at radius 1 is 1.00 bits per heavy atom. The summed E-state index contributed by atoms with van der Waals surface area (Å²) in [6, 6.07) is 16.9. The molecule has 0 aliphatic rings. The number of methoxy groups -OCH3 is 1. The van der Waals surface area contributed by atoms with Gasteiger partial charge < -0.3 is 15.4 Å². The molecule has 0 saturated carbocycles. The molecule has 0 saturated heterocycles. The topological polar surface area (TPSA) is 72.6 Å². The first-order valence-corrected chi connectivity index (χ1v) is 7.85. The highest BCUT2D eigenvalue weighted by Gasteiger charge is 2.16. The minimum atomic E-state index is -0.415. The molecular formula is C19H22N2O3. The van der Waals surface area contributed by atoms with Crippen molar-refractivity contribution in [2.75, 3.05) is 20.2 Å². The fraction of sp³-hybridized carbons (Fsp3) is 0.263. The van der Waals surface area contributed by atoms with Crippen LogP contribution in [0.25, 0.3) is 0 Å². The highest BCUT2D eigenvalue weighted by atomic mass is 16.5. The second-order valence-electron chi connectivity index (χ2n) is 5.47. The number of benzene rings is 2. The number of hydrogen-bond donors (Lipinski definition) is 1. The molecule has 2 rings (SSSR count). The molecule has 0 bridgehead atoms. The van der Waals surface area contributed by atoms with Gasteiger partial charge in [0.05, 0.1) is 7.11 Å². The van der Waals surface area contributed by atoms with Crippen molar-refractivity contribution < 1.29 is 14.3 Å². The minimum absolute atomic E-state index is 0.116. The summed E-state index contributed by atoms with van der Waals surface area (Å²) in [5.41, 5.74) is 6.94. The smallest absolute Gasteiger partial charge is 0.253 e. The van der Waals surface area contributed by atoms with Crippen LogP contribution in [0.1, 0.15) is 22.3 Å². The molecule has 2 amide bonds. The summed E-state index contributed by atoms with van der Waals surface area (Å²) >= 11 is 0. The summed E-state index contributed by atoms with van der Waals surface area (Å²) in [6.07, 6.45) is 0.873. The zero-order valence-corrected chi connectivity index (χ0v) is 13.8. The summed E-state index contributed by atoms with van der Waals surface area (Å²) in [6.45, 7) is 0.842. The maximum Gasteiger partial charge on any atom is 0.253 e. The average molecular weight is 326 g/mol. The van der Waals surface area contributed by atoms with E-state index < -0.39 is 5.91 Å². The number of rotatable bonds is 8. The molecule has 126 valence electrons. The molecule has 0 aliphatic heterocycles. The first-order chi connectivity index (χ1) is 11.6. The van der Waals surface area contributed by atoms with Crippen molar-refractivity contribution in [1.29, 1.82) is 0 Å². The molecule has 2 N–H and O–H groups in total. The maximum absolute atomic E-state index is 12.7. The third-order valence-corrected chi connectivity index (χ3v) is 3.77. The van der Waals surface area contributed by atoms with Crippen LogP contribution in [0.3, 0.4) is 0 Å². The van der Waals surface area contributed by atoms with Crippen LogP contribution >= 0.6 is 0 Å². The number of ether oxygens (including phenoxy) is 1. The van der Waals surface area contributed by atoms with Crippen LogP contribution in [0.15, 0.2) is 54.6 Å². The van der Waals surface area contributed by atoms with Crippen LogP contribution in [0.2, 0.25) is 0 Å². The van der Waals surface area contributed by atoms with Gasteiger partial charge in [-0.25, -0.2) is 0 Å². The zero-order chi connectivity index (χ0) is 17.4. The van der Waals surface area contributed by atoms with Gasteiger partial charge in [-0.1, -0.05) is 30.3 Å². The van der Waals surface area contributed by atoms with Gasteiger partial charge in [0, 0.05) is 25.1 Å². The van der Waals surface area contributed by atoms with Gasteiger partial charge >= 0.3 is 0 Å². The highest BCUT2D eigenvalue weighted by Crippen LogP contribution is 2.14. The second-order valence-corrected chi connectivity index (χ2v) is 5.47. The largest absolute Gasteiger partial charge is 0.497 e. The summed E-state index contributed by atoms with van der Waals surface area (Å²) in [5, 5.41) is 0. The van der Waals surface area contributed by atoms with Crippen molar-refractivity contribution in [3.8, 4) is 5.75 Å². The number of hydrogen-bond acceptors (Lipinski definition) is 3. The van der Waals surface area contributed by atoms with Crippen LogP contribution < -0.4 is 10.5 Å². The lowest BCUT2D eigenvalue weighted by atomic mass is 10.1. The minimum Gasteiger partial charge on any atom is -0.497 e. The molecule has 2 aromatic carbocycles. The standard InChI is InChI=1S/C19H22N2O3/c1-24-17-9-7-16(8-10-17)19(23)21(14-12-18(20)22)13-11-15-5-3-2-4-6-15/h2-10H,11-14H2,1H3,(H2,20,22). The molecule has 5 heteroatoms. The Bertz CT molecular complexity index is 669. The molecule has 0 aliphatic carbocycles. The van der Waals surface area contributed by atoms with E-state index in [1.165, 1.54) is 0 Å². The summed E-state index contributed by atoms with van der Waals surface area (Å²) in [5.74, 6) is 0.164. The summed E-state index contributed by atoms with van der Waals surface area (Å²) < 4.78 is 5.11. The SMILES string of the molecule is COc1ccc(C(=O)N(CCC(N)=O)CCc2ccccc2)cc1. The van der Waals surface area contributed by atoms with Crippen molar-refractivity contribution in [3.63, 3.8) is 0 Å². The van der Waals surface area contributed by atoms with Crippen molar-refractivity contribution in [3.05, 3.63) is 65.7 Å². The van der Waals surface area contributed by atoms with Gasteiger partial charge in [0.15, 0.2) is 0 Å². The molecule has 0 unspecified atom stereocenters. The van der Waals surface area contributed by atoms with E-state index in [9.17, 15) is 9.59 Å². The number of nitrogens with two attached hydrogens (primary N) is 1. The molecular weight excluding hydrogens is 304 g/mol. The van der Waals surface area contributed by atoms with Gasteiger partial charge in [0.1, 0.15) is 5.75 Å². The van der Waals surface area contributed by atoms with E-state index in [1.807, 2.05) is 30.3 Å². The normalized spacial score (nSPS) is 10.2. The van der Waals surface area contributed by atoms with Crippen LogP contribution in [-0.2, 0) is 11.2 Å². The van der Waals surface area contributed by atoms with E-state index in [0.717, 1.165) is 12.0 Å². The number of carbonyl (C=O) groups is 2. The van der Waals surface area contributed by atoms with E-state index >= 15 is 0 Å². The van der Waals surface area contributed by atoms with Crippen molar-refractivity contribution in [2.45, 2.75) is 12.8 Å². The van der Waals surface area contributed by atoms with Gasteiger partial charge in [-0.2, -0.15) is 0 Å². The third-order valence-electron chi connectivity index (χ3n) is 3.77. The first-order valence-electron chi connectivity index (χ1n) is 7.85. The lowest BCUT2D eigenvalue weighted by Gasteiger charge is -2.22. The predicted molar refractivity (Wildman–Crippen MR) is 92.9 cm³/mol. The Morgan fingerprint density at radius 2 is 1.67 bits per heavy atom. The molecule has 0 spiro atoms. The number of carbonyl (C=O) groups excluding carboxylic acids is 2. The Labute approximate surface area is 142 Å². The molecule has 24 heavy (non-hydrogen) atoms. The quantitative estimate of drug-likeness (QED) is 0.809. The number of nitrogens with zero attached hydrogens (tertiary/aromatic N) is 1. The molecule has 0 atom stereocenters. The van der Waals surface area contributed by atoms with Crippen LogP contribution in [-0.4, -0.2) is 36.9 Å². The molecule has 0 aromatic heterocycles. The fourth-order valence-electron chi connectivity index (χ4n) is 2.38. The van der Waals surface area contributed by atoms with Crippen molar-refractivity contribution >= 4 is 11.8 Å². The molecule has 5 nitrogen and oxygen atoms in total. The molecule has 2 aromatic rings. The van der Waals surface area contributed by atoms with E-state index in [-0.39, 0.29) is 12.3 Å². The summed E-state index contributed by atoms with van der Waals surface area (Å²) in [4.78, 5) is 25.5. The van der Waals surface area contributed by atoms with Gasteiger partial charge in [0.25, 0.3) is 5.91 Å². The second kappa shape index (κ2) is 8.72. The predicted octanol–water partition coefficient (Wildman–Crippen LogP) is 2.26. The first kappa shape index (κ1) is 17.5. The number of amides is 2. The Morgan fingerprint density at radius 3 is 2.25 bits per heavy atom. The van der Waals surface area contributed by atoms with Crippen molar-refractivity contribution in [1.82, 2.24) is 4.90 Å². The van der Waals surface area contributed by atoms with Crippen LogP contribution in [0.4, 0.5) is 0 Å². The lowest BCUT2D eigenvalue weighted by molar-refractivity contribution is -0.118. The lowest BCUT2D eigenvalue weighted by Crippen LogP contribution is -2.35. The van der Waals surface area contributed by atoms with Crippen LogP contribution in [0.5, 0.6) is 5.75 Å². The average Bonchev–Trinajstić information content (AvgIpc) is 2.62. The Kier molecular flexibility index (Phi) is 6.37. The molecule has 0 fully saturated rings. The van der Waals surface area contributed by atoms with E-state index in [0.29, 0.717) is 24.4 Å². The van der Waals surface area contributed by atoms with Crippen LogP contribution in [0, 0.1) is 0 Å². The van der Waals surface area contributed by atoms with E-state index in [4.69, 9.17) is 10.5 Å². The fourth-order valence-corrected chi connectivity index (χ4v) is 2.38. The van der Waals surface area contributed by atoms with Crippen molar-refractivity contribution in [2.24, 2.45) is 5.73 Å². The monoisotopic (exact) mass is 326 g/mol. The summed E-state index contributed by atoms with van der Waals surface area (Å²) in [7, 11) is 1.58. The number of primary amides is 1. The van der Waals surface area contributed by atoms with E-state index in [2.05, 4.69) is 0 Å². The van der Waals surface area contributed by atoms with Gasteiger partial charge in [-0.3, -0.25) is 9.59 Å². The highest BCUT2D eigenvalue weighted by molar-refractivity contribution is 5.94. The van der Waals surface area contributed by atoms with Gasteiger partial charge in [0.2, 0.25) is 5.91 Å².